The van der Waals surface area contributed by atoms with E-state index >= 15 is 0 Å². The Balaban J connectivity index is 1.73. The molecule has 0 spiro atoms. The van der Waals surface area contributed by atoms with E-state index in [-0.39, 0.29) is 29.1 Å². The van der Waals surface area contributed by atoms with Crippen molar-refractivity contribution >= 4 is 17.0 Å². The minimum atomic E-state index is -5.33. The number of aliphatic hydroxyl groups excluding tert-OH is 1. The second-order valence-corrected chi connectivity index (χ2v) is 7.18. The Morgan fingerprint density at radius 3 is 2.59 bits per heavy atom. The van der Waals surface area contributed by atoms with Gasteiger partial charge in [0.1, 0.15) is 25.0 Å². The summed E-state index contributed by atoms with van der Waals surface area (Å²) >= 11 is 0. The Morgan fingerprint density at radius 2 is 2.00 bits per heavy atom. The van der Waals surface area contributed by atoms with Gasteiger partial charge in [-0.25, -0.2) is 9.37 Å². The Morgan fingerprint density at radius 1 is 1.31 bits per heavy atom. The number of fused-ring (bicyclic) bond motifs is 1. The van der Waals surface area contributed by atoms with Crippen LogP contribution in [0, 0.1) is 0 Å². The molecule has 2 aliphatic rings. The molecular formula is C16H19F4N5O4. The molecule has 0 bridgehead atoms. The van der Waals surface area contributed by atoms with E-state index in [0.29, 0.717) is 0 Å². The standard InChI is InChI=1S/C16H19F4N5O4/c17-5-8-15(27,16(18,19)20)10(26)13(29-8)25-6-22-9-11(21)23-14(24-12(9)25)28-7-3-1-2-4-7/h6-8,10,13,26-27H,1-5H2,(H2,21,23,24)/t8-,10+,13-,15-/m1/s1. The van der Waals surface area contributed by atoms with Gasteiger partial charge in [-0.1, -0.05) is 0 Å². The molecule has 160 valence electrons. The number of anilines is 1. The summed E-state index contributed by atoms with van der Waals surface area (Å²) < 4.78 is 65.0. The highest BCUT2D eigenvalue weighted by Gasteiger charge is 2.70. The number of nitrogen functional groups attached to an aromatic ring is 1. The summed E-state index contributed by atoms with van der Waals surface area (Å²) in [5, 5.41) is 20.3. The zero-order valence-electron chi connectivity index (χ0n) is 15.0. The molecule has 29 heavy (non-hydrogen) atoms. The van der Waals surface area contributed by atoms with Crippen LogP contribution < -0.4 is 10.5 Å². The third-order valence-corrected chi connectivity index (χ3v) is 5.39. The maximum atomic E-state index is 13.4. The molecule has 13 heteroatoms. The van der Waals surface area contributed by atoms with Crippen LogP contribution in [0.25, 0.3) is 11.2 Å². The first-order valence-electron chi connectivity index (χ1n) is 9.02. The lowest BCUT2D eigenvalue weighted by atomic mass is 9.92. The van der Waals surface area contributed by atoms with E-state index in [4.69, 9.17) is 15.2 Å². The van der Waals surface area contributed by atoms with Gasteiger partial charge in [0.2, 0.25) is 5.60 Å². The van der Waals surface area contributed by atoms with Crippen LogP contribution in [0.3, 0.4) is 0 Å². The third-order valence-electron chi connectivity index (χ3n) is 5.39. The van der Waals surface area contributed by atoms with Crippen molar-refractivity contribution < 1.29 is 37.2 Å². The molecule has 4 atom stereocenters. The van der Waals surface area contributed by atoms with E-state index in [1.165, 1.54) is 0 Å². The first kappa shape index (κ1) is 20.0. The van der Waals surface area contributed by atoms with Gasteiger partial charge in [0.05, 0.1) is 6.33 Å². The van der Waals surface area contributed by atoms with Crippen molar-refractivity contribution in [3.63, 3.8) is 0 Å². The Hall–Kier alpha value is -2.25. The Bertz CT molecular complexity index is 903. The van der Waals surface area contributed by atoms with Gasteiger partial charge < -0.3 is 25.4 Å². The zero-order chi connectivity index (χ0) is 21.0. The lowest BCUT2D eigenvalue weighted by Gasteiger charge is -2.31. The first-order valence-corrected chi connectivity index (χ1v) is 9.02. The molecule has 4 rings (SSSR count). The maximum absolute atomic E-state index is 13.4. The van der Waals surface area contributed by atoms with E-state index in [0.717, 1.165) is 36.6 Å². The summed E-state index contributed by atoms with van der Waals surface area (Å²) in [5.41, 5.74) is 2.02. The minimum Gasteiger partial charge on any atom is -0.460 e. The number of hydrogen-bond acceptors (Lipinski definition) is 8. The molecule has 0 amide bonds. The van der Waals surface area contributed by atoms with Crippen molar-refractivity contribution in [1.82, 2.24) is 19.5 Å². The number of halogens is 4. The van der Waals surface area contributed by atoms with Gasteiger partial charge in [-0.15, -0.1) is 0 Å². The summed E-state index contributed by atoms with van der Waals surface area (Å²) in [6, 6.07) is -0.0933. The van der Waals surface area contributed by atoms with Crippen molar-refractivity contribution in [3.8, 4) is 6.01 Å². The highest BCUT2D eigenvalue weighted by Crippen LogP contribution is 2.47. The number of hydrogen-bond donors (Lipinski definition) is 3. The maximum Gasteiger partial charge on any atom is 0.422 e. The molecule has 1 aliphatic carbocycles. The molecule has 4 N–H and O–H groups in total. The number of aromatic nitrogens is 4. The highest BCUT2D eigenvalue weighted by atomic mass is 19.4. The predicted octanol–water partition coefficient (Wildman–Crippen LogP) is 1.25. The SMILES string of the molecule is Nc1nc(OC2CCCC2)nc2c1ncn2[C@@H]1O[C@H](CF)[C@](O)(C(F)(F)F)[C@H]1O. The van der Waals surface area contributed by atoms with Crippen molar-refractivity contribution in [2.75, 3.05) is 12.4 Å². The molecule has 2 fully saturated rings. The second kappa shape index (κ2) is 6.92. The van der Waals surface area contributed by atoms with E-state index in [9.17, 15) is 27.8 Å². The van der Waals surface area contributed by atoms with Gasteiger partial charge in [0.15, 0.2) is 23.2 Å². The molecule has 3 heterocycles. The van der Waals surface area contributed by atoms with Gasteiger partial charge in [-0.3, -0.25) is 4.57 Å². The van der Waals surface area contributed by atoms with Crippen molar-refractivity contribution in [1.29, 1.82) is 0 Å². The minimum absolute atomic E-state index is 0.0406. The van der Waals surface area contributed by atoms with Crippen molar-refractivity contribution in [3.05, 3.63) is 6.33 Å². The van der Waals surface area contributed by atoms with Crippen LogP contribution in [-0.4, -0.2) is 66.5 Å². The number of nitrogens with two attached hydrogens (primary N) is 1. The van der Waals surface area contributed by atoms with Crippen LogP contribution in [0.2, 0.25) is 0 Å². The number of rotatable bonds is 4. The average molecular weight is 421 g/mol. The van der Waals surface area contributed by atoms with Crippen LogP contribution in [0.1, 0.15) is 31.9 Å². The molecule has 9 nitrogen and oxygen atoms in total. The number of ether oxygens (including phenoxy) is 2. The third kappa shape index (κ3) is 3.07. The molecule has 1 saturated heterocycles. The number of imidazole rings is 1. The summed E-state index contributed by atoms with van der Waals surface area (Å²) in [6.07, 6.45) is -7.48. The van der Waals surface area contributed by atoms with Crippen LogP contribution in [0.15, 0.2) is 6.33 Å². The summed E-state index contributed by atoms with van der Waals surface area (Å²) in [7, 11) is 0. The number of nitrogens with zero attached hydrogens (tertiary/aromatic N) is 4. The molecule has 2 aromatic rings. The second-order valence-electron chi connectivity index (χ2n) is 7.18. The smallest absolute Gasteiger partial charge is 0.422 e. The molecular weight excluding hydrogens is 402 g/mol. The molecule has 1 saturated carbocycles. The monoisotopic (exact) mass is 421 g/mol. The van der Waals surface area contributed by atoms with Crippen LogP contribution in [0.5, 0.6) is 6.01 Å². The largest absolute Gasteiger partial charge is 0.460 e. The topological polar surface area (TPSA) is 129 Å². The quantitative estimate of drug-likeness (QED) is 0.630. The lowest BCUT2D eigenvalue weighted by Crippen LogP contribution is -2.59. The Kier molecular flexibility index (Phi) is 4.78. The van der Waals surface area contributed by atoms with Gasteiger partial charge >= 0.3 is 12.2 Å². The van der Waals surface area contributed by atoms with Gasteiger partial charge in [-0.05, 0) is 25.7 Å². The summed E-state index contributed by atoms with van der Waals surface area (Å²) in [6.45, 7) is -1.66. The average Bonchev–Trinajstić information content (AvgIpc) is 3.35. The molecule has 0 aromatic carbocycles. The van der Waals surface area contributed by atoms with Crippen LogP contribution in [-0.2, 0) is 4.74 Å². The fraction of sp³-hybridized carbons (Fsp3) is 0.688. The first-order chi connectivity index (χ1) is 13.7. The molecule has 0 unspecified atom stereocenters. The van der Waals surface area contributed by atoms with E-state index < -0.39 is 36.9 Å². The van der Waals surface area contributed by atoms with Gasteiger partial charge in [0, 0.05) is 0 Å². The molecule has 2 aromatic heterocycles. The van der Waals surface area contributed by atoms with E-state index in [1.807, 2.05) is 0 Å². The van der Waals surface area contributed by atoms with Crippen LogP contribution >= 0.6 is 0 Å². The summed E-state index contributed by atoms with van der Waals surface area (Å²) in [4.78, 5) is 12.1. The fourth-order valence-corrected chi connectivity index (χ4v) is 3.79. The Labute approximate surface area is 161 Å². The van der Waals surface area contributed by atoms with Crippen molar-refractivity contribution in [2.24, 2.45) is 0 Å². The fourth-order valence-electron chi connectivity index (χ4n) is 3.79. The van der Waals surface area contributed by atoms with Crippen LogP contribution in [0.4, 0.5) is 23.4 Å². The molecule has 0 radical (unpaired) electrons. The van der Waals surface area contributed by atoms with Crippen molar-refractivity contribution in [2.45, 2.75) is 62.0 Å². The number of alkyl halides is 4. The normalized spacial score (nSPS) is 31.0. The number of aliphatic hydroxyl groups is 2. The zero-order valence-corrected chi connectivity index (χ0v) is 15.0. The van der Waals surface area contributed by atoms with Gasteiger partial charge in [0.25, 0.3) is 0 Å². The van der Waals surface area contributed by atoms with E-state index in [1.54, 1.807) is 0 Å². The molecule has 1 aliphatic heterocycles. The van der Waals surface area contributed by atoms with E-state index in [2.05, 4.69) is 15.0 Å². The lowest BCUT2D eigenvalue weighted by molar-refractivity contribution is -0.294. The van der Waals surface area contributed by atoms with Gasteiger partial charge in [-0.2, -0.15) is 23.1 Å². The predicted molar refractivity (Wildman–Crippen MR) is 89.5 cm³/mol. The highest BCUT2D eigenvalue weighted by molar-refractivity contribution is 5.82. The summed E-state index contributed by atoms with van der Waals surface area (Å²) in [5.74, 6) is -0.0811.